The standard InChI is InChI=1S/C24H27F2N3O4/c1-16(2)22(27-23(31)21-18(25)9-6-10-19(21)26)24(32)33-15-20(30)29-13-11-28(12-14-29)17-7-4-3-5-8-17/h3-10,16,22H,11-15H2,1-2H3,(H,27,31)/t22-/m0/s1. The van der Waals surface area contributed by atoms with E-state index in [1.807, 2.05) is 30.3 Å². The molecule has 1 fully saturated rings. The van der Waals surface area contributed by atoms with Gasteiger partial charge in [0.05, 0.1) is 0 Å². The maximum Gasteiger partial charge on any atom is 0.329 e. The molecule has 3 rings (SSSR count). The number of benzene rings is 2. The van der Waals surface area contributed by atoms with Crippen LogP contribution >= 0.6 is 0 Å². The highest BCUT2D eigenvalue weighted by molar-refractivity contribution is 5.97. The molecule has 0 radical (unpaired) electrons. The number of nitrogens with zero attached hydrogens (tertiary/aromatic N) is 2. The first kappa shape index (κ1) is 24.2. The van der Waals surface area contributed by atoms with Gasteiger partial charge in [-0.1, -0.05) is 38.1 Å². The van der Waals surface area contributed by atoms with Crippen molar-refractivity contribution in [2.45, 2.75) is 19.9 Å². The summed E-state index contributed by atoms with van der Waals surface area (Å²) < 4.78 is 32.9. The minimum Gasteiger partial charge on any atom is -0.454 e. The molecule has 2 amide bonds. The zero-order valence-electron chi connectivity index (χ0n) is 18.6. The highest BCUT2D eigenvalue weighted by atomic mass is 19.1. The number of hydrogen-bond donors (Lipinski definition) is 1. The Labute approximate surface area is 191 Å². The van der Waals surface area contributed by atoms with E-state index in [1.54, 1.807) is 18.7 Å². The molecule has 176 valence electrons. The van der Waals surface area contributed by atoms with Gasteiger partial charge in [0.2, 0.25) is 0 Å². The van der Waals surface area contributed by atoms with Gasteiger partial charge in [-0.3, -0.25) is 9.59 Å². The first-order valence-electron chi connectivity index (χ1n) is 10.8. The van der Waals surface area contributed by atoms with Crippen LogP contribution in [0.4, 0.5) is 14.5 Å². The number of hydrogen-bond acceptors (Lipinski definition) is 5. The molecular weight excluding hydrogens is 432 g/mol. The lowest BCUT2D eigenvalue weighted by molar-refractivity contribution is -0.154. The second-order valence-electron chi connectivity index (χ2n) is 8.10. The molecule has 0 unspecified atom stereocenters. The molecule has 1 aliphatic rings. The predicted molar refractivity (Wildman–Crippen MR) is 119 cm³/mol. The predicted octanol–water partition coefficient (Wildman–Crippen LogP) is 2.61. The maximum atomic E-state index is 13.9. The van der Waals surface area contributed by atoms with E-state index in [0.717, 1.165) is 23.9 Å². The molecule has 1 atom stereocenters. The second kappa shape index (κ2) is 10.9. The van der Waals surface area contributed by atoms with E-state index in [1.165, 1.54) is 0 Å². The third kappa shape index (κ3) is 6.06. The number of ether oxygens (including phenoxy) is 1. The number of nitrogens with one attached hydrogen (secondary N) is 1. The largest absolute Gasteiger partial charge is 0.454 e. The summed E-state index contributed by atoms with van der Waals surface area (Å²) in [5, 5.41) is 2.32. The van der Waals surface area contributed by atoms with Gasteiger partial charge >= 0.3 is 5.97 Å². The highest BCUT2D eigenvalue weighted by Gasteiger charge is 2.30. The summed E-state index contributed by atoms with van der Waals surface area (Å²) in [5.74, 6) is -4.75. The fraction of sp³-hybridized carbons (Fsp3) is 0.375. The van der Waals surface area contributed by atoms with Gasteiger partial charge in [0.15, 0.2) is 6.61 Å². The van der Waals surface area contributed by atoms with Gasteiger partial charge in [0, 0.05) is 31.9 Å². The summed E-state index contributed by atoms with van der Waals surface area (Å²) in [4.78, 5) is 41.2. The Balaban J connectivity index is 1.52. The van der Waals surface area contributed by atoms with Crippen molar-refractivity contribution in [1.29, 1.82) is 0 Å². The van der Waals surface area contributed by atoms with E-state index in [0.29, 0.717) is 26.2 Å². The Bertz CT molecular complexity index is 972. The molecule has 1 N–H and O–H groups in total. The number of piperazine rings is 1. The molecule has 7 nitrogen and oxygen atoms in total. The summed E-state index contributed by atoms with van der Waals surface area (Å²) in [7, 11) is 0. The summed E-state index contributed by atoms with van der Waals surface area (Å²) in [5.41, 5.74) is 0.307. The van der Waals surface area contributed by atoms with Crippen molar-refractivity contribution in [3.8, 4) is 0 Å². The zero-order valence-corrected chi connectivity index (χ0v) is 18.6. The van der Waals surface area contributed by atoms with Crippen LogP contribution in [0.3, 0.4) is 0 Å². The fourth-order valence-electron chi connectivity index (χ4n) is 3.59. The molecule has 33 heavy (non-hydrogen) atoms. The second-order valence-corrected chi connectivity index (χ2v) is 8.10. The Kier molecular flexibility index (Phi) is 7.97. The Morgan fingerprint density at radius 1 is 0.939 bits per heavy atom. The number of para-hydroxylation sites is 1. The van der Waals surface area contributed by atoms with E-state index in [4.69, 9.17) is 4.74 Å². The number of rotatable bonds is 7. The van der Waals surface area contributed by atoms with Crippen LogP contribution in [0.1, 0.15) is 24.2 Å². The molecule has 1 aliphatic heterocycles. The van der Waals surface area contributed by atoms with Gasteiger partial charge in [0.1, 0.15) is 23.2 Å². The Hall–Kier alpha value is -3.49. The highest BCUT2D eigenvalue weighted by Crippen LogP contribution is 2.16. The van der Waals surface area contributed by atoms with Crippen molar-refractivity contribution in [3.63, 3.8) is 0 Å². The van der Waals surface area contributed by atoms with E-state index < -0.39 is 47.6 Å². The van der Waals surface area contributed by atoms with Gasteiger partial charge in [-0.2, -0.15) is 0 Å². The minimum atomic E-state index is -1.17. The molecule has 9 heteroatoms. The van der Waals surface area contributed by atoms with Gasteiger partial charge in [-0.25, -0.2) is 13.6 Å². The molecular formula is C24H27F2N3O4. The molecule has 0 aromatic heterocycles. The quantitative estimate of drug-likeness (QED) is 0.644. The monoisotopic (exact) mass is 459 g/mol. The number of anilines is 1. The average molecular weight is 459 g/mol. The van der Waals surface area contributed by atoms with E-state index in [9.17, 15) is 23.2 Å². The molecule has 1 saturated heterocycles. The third-order valence-corrected chi connectivity index (χ3v) is 5.49. The SMILES string of the molecule is CC(C)[C@H](NC(=O)c1c(F)cccc1F)C(=O)OCC(=O)N1CCN(c2ccccc2)CC1. The van der Waals surface area contributed by atoms with Crippen molar-refractivity contribution in [2.24, 2.45) is 5.92 Å². The van der Waals surface area contributed by atoms with Crippen molar-refractivity contribution >= 4 is 23.5 Å². The lowest BCUT2D eigenvalue weighted by Crippen LogP contribution is -2.51. The third-order valence-electron chi connectivity index (χ3n) is 5.49. The van der Waals surface area contributed by atoms with Crippen molar-refractivity contribution < 1.29 is 27.9 Å². The first-order valence-corrected chi connectivity index (χ1v) is 10.8. The van der Waals surface area contributed by atoms with Gasteiger partial charge in [-0.15, -0.1) is 0 Å². The Morgan fingerprint density at radius 3 is 2.12 bits per heavy atom. The molecule has 0 aliphatic carbocycles. The molecule has 2 aromatic carbocycles. The molecule has 1 heterocycles. The summed E-state index contributed by atoms with van der Waals surface area (Å²) >= 11 is 0. The zero-order chi connectivity index (χ0) is 24.0. The van der Waals surface area contributed by atoms with Gasteiger partial charge < -0.3 is 19.9 Å². The van der Waals surface area contributed by atoms with Crippen molar-refractivity contribution in [2.75, 3.05) is 37.7 Å². The molecule has 0 saturated carbocycles. The lowest BCUT2D eigenvalue weighted by atomic mass is 10.0. The van der Waals surface area contributed by atoms with E-state index in [2.05, 4.69) is 10.2 Å². The topological polar surface area (TPSA) is 78.9 Å². The van der Waals surface area contributed by atoms with Crippen LogP contribution in [0.2, 0.25) is 0 Å². The number of esters is 1. The number of carbonyl (C=O) groups excluding carboxylic acids is 3. The average Bonchev–Trinajstić information content (AvgIpc) is 2.81. The van der Waals surface area contributed by atoms with Crippen LogP contribution in [0, 0.1) is 17.6 Å². The van der Waals surface area contributed by atoms with Gasteiger partial charge in [0.25, 0.3) is 11.8 Å². The van der Waals surface area contributed by atoms with Crippen LogP contribution in [-0.2, 0) is 14.3 Å². The van der Waals surface area contributed by atoms with Crippen LogP contribution in [0.25, 0.3) is 0 Å². The normalized spacial score (nSPS) is 14.7. The molecule has 0 bridgehead atoms. The van der Waals surface area contributed by atoms with Crippen LogP contribution < -0.4 is 10.2 Å². The fourth-order valence-corrected chi connectivity index (χ4v) is 3.59. The number of halogens is 2. The van der Waals surface area contributed by atoms with Crippen molar-refractivity contribution in [1.82, 2.24) is 10.2 Å². The minimum absolute atomic E-state index is 0.343. The van der Waals surface area contributed by atoms with Crippen LogP contribution in [-0.4, -0.2) is 61.5 Å². The summed E-state index contributed by atoms with van der Waals surface area (Å²) in [6.45, 7) is 5.11. The molecule has 2 aromatic rings. The number of carbonyl (C=O) groups is 3. The molecule has 0 spiro atoms. The van der Waals surface area contributed by atoms with E-state index >= 15 is 0 Å². The van der Waals surface area contributed by atoms with E-state index in [-0.39, 0.29) is 5.91 Å². The smallest absolute Gasteiger partial charge is 0.329 e. The lowest BCUT2D eigenvalue weighted by Gasteiger charge is -2.36. The Morgan fingerprint density at radius 2 is 1.55 bits per heavy atom. The summed E-state index contributed by atoms with van der Waals surface area (Å²) in [6.07, 6.45) is 0. The van der Waals surface area contributed by atoms with Crippen molar-refractivity contribution in [3.05, 3.63) is 65.7 Å². The maximum absolute atomic E-state index is 13.9. The van der Waals surface area contributed by atoms with Gasteiger partial charge in [-0.05, 0) is 30.2 Å². The number of amides is 2. The van der Waals surface area contributed by atoms with Crippen LogP contribution in [0.5, 0.6) is 0 Å². The van der Waals surface area contributed by atoms with Crippen LogP contribution in [0.15, 0.2) is 48.5 Å². The summed E-state index contributed by atoms with van der Waals surface area (Å²) in [6, 6.07) is 11.7. The first-order chi connectivity index (χ1) is 15.8.